The summed E-state index contributed by atoms with van der Waals surface area (Å²) >= 11 is 3.31. The van der Waals surface area contributed by atoms with Crippen LogP contribution < -0.4 is 5.43 Å². The van der Waals surface area contributed by atoms with Crippen molar-refractivity contribution in [2.24, 2.45) is 5.10 Å². The third kappa shape index (κ3) is 6.22. The molecule has 1 amide bonds. The maximum absolute atomic E-state index is 13.2. The standard InChI is InChI=1S/C21H24BrN3O3S/c22-18-11-13-20(14-12-18)29(27,28)25(15-17-7-3-1-4-8-17)16-21(26)24-23-19-9-5-2-6-10-19/h1,3-4,7-8,11-14H,2,5-6,9-10,15-16H2,(H,24,26). The third-order valence-electron chi connectivity index (χ3n) is 4.74. The van der Waals surface area contributed by atoms with E-state index in [4.69, 9.17) is 0 Å². The van der Waals surface area contributed by atoms with E-state index in [0.29, 0.717) is 0 Å². The Labute approximate surface area is 180 Å². The van der Waals surface area contributed by atoms with Crippen LogP contribution in [0, 0.1) is 0 Å². The van der Waals surface area contributed by atoms with E-state index in [-0.39, 0.29) is 18.0 Å². The minimum Gasteiger partial charge on any atom is -0.272 e. The Balaban J connectivity index is 1.78. The molecule has 1 aliphatic rings. The average molecular weight is 478 g/mol. The fraction of sp³-hybridized carbons (Fsp3) is 0.333. The fourth-order valence-electron chi connectivity index (χ4n) is 3.18. The Hall–Kier alpha value is -2.03. The summed E-state index contributed by atoms with van der Waals surface area (Å²) in [7, 11) is -3.85. The lowest BCUT2D eigenvalue weighted by molar-refractivity contribution is -0.121. The highest BCUT2D eigenvalue weighted by Crippen LogP contribution is 2.21. The first-order valence-electron chi connectivity index (χ1n) is 9.59. The van der Waals surface area contributed by atoms with Crippen LogP contribution in [0.25, 0.3) is 0 Å². The lowest BCUT2D eigenvalue weighted by Gasteiger charge is -2.22. The highest BCUT2D eigenvalue weighted by atomic mass is 79.9. The minimum atomic E-state index is -3.85. The van der Waals surface area contributed by atoms with Gasteiger partial charge in [0.15, 0.2) is 0 Å². The molecule has 29 heavy (non-hydrogen) atoms. The van der Waals surface area contributed by atoms with Crippen LogP contribution in [-0.2, 0) is 21.4 Å². The maximum atomic E-state index is 13.2. The normalized spacial score (nSPS) is 14.6. The zero-order valence-electron chi connectivity index (χ0n) is 16.1. The molecule has 1 saturated carbocycles. The van der Waals surface area contributed by atoms with Crippen LogP contribution >= 0.6 is 15.9 Å². The van der Waals surface area contributed by atoms with Gasteiger partial charge in [0, 0.05) is 16.7 Å². The van der Waals surface area contributed by atoms with Crippen molar-refractivity contribution >= 4 is 37.6 Å². The zero-order valence-corrected chi connectivity index (χ0v) is 18.5. The van der Waals surface area contributed by atoms with Gasteiger partial charge in [0.25, 0.3) is 5.91 Å². The quantitative estimate of drug-likeness (QED) is 0.610. The van der Waals surface area contributed by atoms with Crippen LogP contribution in [0.3, 0.4) is 0 Å². The number of nitrogens with zero attached hydrogens (tertiary/aromatic N) is 2. The number of hydrogen-bond acceptors (Lipinski definition) is 4. The van der Waals surface area contributed by atoms with Gasteiger partial charge < -0.3 is 0 Å². The van der Waals surface area contributed by atoms with Crippen LogP contribution in [0.2, 0.25) is 0 Å². The Morgan fingerprint density at radius 1 is 1.00 bits per heavy atom. The van der Waals surface area contributed by atoms with Gasteiger partial charge in [0.1, 0.15) is 0 Å². The molecule has 1 aliphatic carbocycles. The first-order valence-corrected chi connectivity index (χ1v) is 11.8. The highest BCUT2D eigenvalue weighted by Gasteiger charge is 2.27. The molecule has 6 nitrogen and oxygen atoms in total. The van der Waals surface area contributed by atoms with Crippen LogP contribution in [0.15, 0.2) is 69.1 Å². The van der Waals surface area contributed by atoms with Crippen molar-refractivity contribution in [3.05, 3.63) is 64.6 Å². The average Bonchev–Trinajstić information content (AvgIpc) is 2.73. The van der Waals surface area contributed by atoms with Gasteiger partial charge in [0.05, 0.1) is 11.4 Å². The zero-order chi connectivity index (χ0) is 20.7. The molecule has 0 spiro atoms. The van der Waals surface area contributed by atoms with Gasteiger partial charge in [-0.25, -0.2) is 13.8 Å². The summed E-state index contributed by atoms with van der Waals surface area (Å²) in [6, 6.07) is 15.6. The maximum Gasteiger partial charge on any atom is 0.255 e. The first kappa shape index (κ1) is 21.7. The molecule has 2 aromatic rings. The summed E-state index contributed by atoms with van der Waals surface area (Å²) in [5.41, 5.74) is 4.31. The molecule has 0 atom stereocenters. The number of amides is 1. The first-order chi connectivity index (χ1) is 13.9. The molecule has 0 bridgehead atoms. The number of sulfonamides is 1. The van der Waals surface area contributed by atoms with Gasteiger partial charge in [-0.05, 0) is 55.5 Å². The summed E-state index contributed by atoms with van der Waals surface area (Å²) in [6.45, 7) is -0.201. The molecule has 0 unspecified atom stereocenters. The molecule has 1 N–H and O–H groups in total. The van der Waals surface area contributed by atoms with Crippen molar-refractivity contribution in [3.8, 4) is 0 Å². The number of carbonyl (C=O) groups is 1. The molecular weight excluding hydrogens is 454 g/mol. The van der Waals surface area contributed by atoms with E-state index >= 15 is 0 Å². The van der Waals surface area contributed by atoms with Crippen LogP contribution in [0.1, 0.15) is 37.7 Å². The second-order valence-corrected chi connectivity index (χ2v) is 9.84. The van der Waals surface area contributed by atoms with E-state index in [0.717, 1.165) is 41.4 Å². The number of carbonyl (C=O) groups excluding carboxylic acids is 1. The molecule has 3 rings (SSSR count). The Bertz CT molecular complexity index is 952. The summed E-state index contributed by atoms with van der Waals surface area (Å²) in [5.74, 6) is -0.445. The predicted molar refractivity (Wildman–Crippen MR) is 117 cm³/mol. The van der Waals surface area contributed by atoms with Crippen LogP contribution in [-0.4, -0.2) is 30.9 Å². The van der Waals surface area contributed by atoms with Crippen molar-refractivity contribution in [3.63, 3.8) is 0 Å². The molecular formula is C21H24BrN3O3S. The van der Waals surface area contributed by atoms with Crippen molar-refractivity contribution in [2.45, 2.75) is 43.5 Å². The summed E-state index contributed by atoms with van der Waals surface area (Å²) in [6.07, 6.45) is 5.10. The molecule has 0 aliphatic heterocycles. The van der Waals surface area contributed by atoms with Gasteiger partial charge in [-0.3, -0.25) is 4.79 Å². The number of benzene rings is 2. The predicted octanol–water partition coefficient (Wildman–Crippen LogP) is 4.08. The molecule has 2 aromatic carbocycles. The smallest absolute Gasteiger partial charge is 0.255 e. The van der Waals surface area contributed by atoms with E-state index in [1.165, 1.54) is 22.9 Å². The number of rotatable bonds is 7. The number of halogens is 1. The summed E-state index contributed by atoms with van der Waals surface area (Å²) in [4.78, 5) is 12.6. The molecule has 0 radical (unpaired) electrons. The van der Waals surface area contributed by atoms with Crippen molar-refractivity contribution in [2.75, 3.05) is 6.54 Å². The lowest BCUT2D eigenvalue weighted by atomic mass is 9.99. The van der Waals surface area contributed by atoms with Crippen molar-refractivity contribution in [1.82, 2.24) is 9.73 Å². The summed E-state index contributed by atoms with van der Waals surface area (Å²) in [5, 5.41) is 4.20. The topological polar surface area (TPSA) is 78.8 Å². The second kappa shape index (κ2) is 10.1. The highest BCUT2D eigenvalue weighted by molar-refractivity contribution is 9.10. The monoisotopic (exact) mass is 477 g/mol. The summed E-state index contributed by atoms with van der Waals surface area (Å²) < 4.78 is 28.3. The largest absolute Gasteiger partial charge is 0.272 e. The molecule has 0 saturated heterocycles. The van der Waals surface area contributed by atoms with Crippen LogP contribution in [0.4, 0.5) is 0 Å². The Morgan fingerprint density at radius 2 is 1.66 bits per heavy atom. The molecule has 154 valence electrons. The lowest BCUT2D eigenvalue weighted by Crippen LogP contribution is -2.39. The van der Waals surface area contributed by atoms with E-state index < -0.39 is 15.9 Å². The van der Waals surface area contributed by atoms with Gasteiger partial charge in [-0.15, -0.1) is 0 Å². The fourth-order valence-corrected chi connectivity index (χ4v) is 4.83. The van der Waals surface area contributed by atoms with E-state index in [2.05, 4.69) is 26.5 Å². The number of hydrazone groups is 1. The third-order valence-corrected chi connectivity index (χ3v) is 7.08. The molecule has 0 heterocycles. The molecule has 1 fully saturated rings. The van der Waals surface area contributed by atoms with Gasteiger partial charge >= 0.3 is 0 Å². The van der Waals surface area contributed by atoms with Crippen LogP contribution in [0.5, 0.6) is 0 Å². The van der Waals surface area contributed by atoms with Gasteiger partial charge in [-0.1, -0.05) is 52.7 Å². The second-order valence-electron chi connectivity index (χ2n) is 6.99. The minimum absolute atomic E-state index is 0.100. The van der Waals surface area contributed by atoms with Gasteiger partial charge in [0.2, 0.25) is 10.0 Å². The Morgan fingerprint density at radius 3 is 2.31 bits per heavy atom. The van der Waals surface area contributed by atoms with Crippen molar-refractivity contribution in [1.29, 1.82) is 0 Å². The number of hydrogen-bond donors (Lipinski definition) is 1. The molecule has 8 heteroatoms. The SMILES string of the molecule is O=C(CN(Cc1ccccc1)S(=O)(=O)c1ccc(Br)cc1)NN=C1CCCCC1. The van der Waals surface area contributed by atoms with Gasteiger partial charge in [-0.2, -0.15) is 9.41 Å². The number of nitrogens with one attached hydrogen (secondary N) is 1. The van der Waals surface area contributed by atoms with E-state index in [1.54, 1.807) is 12.1 Å². The van der Waals surface area contributed by atoms with E-state index in [9.17, 15) is 13.2 Å². The van der Waals surface area contributed by atoms with Crippen molar-refractivity contribution < 1.29 is 13.2 Å². The Kier molecular flexibility index (Phi) is 7.57. The van der Waals surface area contributed by atoms with E-state index in [1.807, 2.05) is 30.3 Å². The molecule has 0 aromatic heterocycles.